The van der Waals surface area contributed by atoms with Crippen LogP contribution in [0.25, 0.3) is 87.8 Å². The average Bonchev–Trinajstić information content (AvgIpc) is 0.744. The van der Waals surface area contributed by atoms with Gasteiger partial charge in [0.2, 0.25) is 21.7 Å². The van der Waals surface area contributed by atoms with Crippen molar-refractivity contribution in [3.05, 3.63) is 343 Å². The van der Waals surface area contributed by atoms with Crippen molar-refractivity contribution in [3.63, 3.8) is 0 Å². The van der Waals surface area contributed by atoms with Crippen LogP contribution in [-0.4, -0.2) is 118 Å². The maximum atomic E-state index is 13.4. The van der Waals surface area contributed by atoms with Crippen molar-refractivity contribution in [1.29, 1.82) is 0 Å². The summed E-state index contributed by atoms with van der Waals surface area (Å²) in [5.74, 6) is -0.483. The fraction of sp³-hybridized carbons (Fsp3) is 0.168. The summed E-state index contributed by atoms with van der Waals surface area (Å²) in [7, 11) is 12.4. The van der Waals surface area contributed by atoms with E-state index in [4.69, 9.17) is 66.1 Å². The molecule has 13 aromatic carbocycles. The smallest absolute Gasteiger partial charge is 0.339 e. The van der Waals surface area contributed by atoms with E-state index < -0.39 is 41.0 Å². The van der Waals surface area contributed by atoms with Gasteiger partial charge in [0.25, 0.3) is 0 Å². The Morgan fingerprint density at radius 2 is 0.700 bits per heavy atom. The van der Waals surface area contributed by atoms with Crippen LogP contribution in [-0.2, 0) is 0 Å². The molecule has 0 aliphatic heterocycles. The van der Waals surface area contributed by atoms with Crippen molar-refractivity contribution in [2.75, 3.05) is 75.8 Å². The van der Waals surface area contributed by atoms with Crippen LogP contribution in [0.3, 0.4) is 0 Å². The van der Waals surface area contributed by atoms with Gasteiger partial charge in [0.1, 0.15) is 87.4 Å². The molecule has 0 atom stereocenters. The maximum absolute atomic E-state index is 13.4. The summed E-state index contributed by atoms with van der Waals surface area (Å²) in [5, 5.41) is 39.7. The third-order valence-corrected chi connectivity index (χ3v) is 20.1. The maximum Gasteiger partial charge on any atom is 0.339 e. The van der Waals surface area contributed by atoms with Gasteiger partial charge in [0.15, 0.2) is 68.3 Å². The van der Waals surface area contributed by atoms with Crippen molar-refractivity contribution in [3.8, 4) is 63.2 Å². The Bertz CT molecular complexity index is 7350. The molecule has 0 saturated heterocycles. The normalized spacial score (nSPS) is 10.8. The van der Waals surface area contributed by atoms with E-state index in [1.807, 2.05) is 127 Å². The number of likely N-dealkylation sites (N-methyl/N-ethyl adjacent to an activating group) is 2. The number of halogens is 6. The fourth-order valence-corrected chi connectivity index (χ4v) is 13.6. The van der Waals surface area contributed by atoms with Crippen LogP contribution in [0.2, 0.25) is 0 Å². The second-order valence-electron chi connectivity index (χ2n) is 30.1. The number of phenolic OH excluding ortho intramolecular Hbond substituents is 2. The van der Waals surface area contributed by atoms with Crippen LogP contribution in [0.1, 0.15) is 54.1 Å². The summed E-state index contributed by atoms with van der Waals surface area (Å²) in [6.07, 6.45) is 0. The minimum absolute atomic E-state index is 0.0615. The zero-order valence-corrected chi connectivity index (χ0v) is 74.2. The number of ether oxygens (including phenoxy) is 7. The van der Waals surface area contributed by atoms with E-state index in [2.05, 4.69) is 15.9 Å². The zero-order chi connectivity index (χ0) is 94.1. The Balaban J connectivity index is 0.000000150. The molecule has 0 spiro atoms. The van der Waals surface area contributed by atoms with Crippen LogP contribution in [0.15, 0.2) is 266 Å². The van der Waals surface area contributed by atoms with Crippen LogP contribution < -0.4 is 54.9 Å². The van der Waals surface area contributed by atoms with Gasteiger partial charge in [-0.1, -0.05) is 30.3 Å². The molecule has 670 valence electrons. The Hall–Kier alpha value is -15.1. The Kier molecular flexibility index (Phi) is 31.6. The van der Waals surface area contributed by atoms with Crippen molar-refractivity contribution in [1.82, 2.24) is 9.80 Å². The Morgan fingerprint density at radius 3 is 1.14 bits per heavy atom. The Morgan fingerprint density at radius 1 is 0.331 bits per heavy atom. The fourth-order valence-electron chi connectivity index (χ4n) is 13.1. The molecule has 130 heavy (non-hydrogen) atoms. The summed E-state index contributed by atoms with van der Waals surface area (Å²) >= 11 is 2.93. The number of aromatic carboxylic acids is 2. The summed E-state index contributed by atoms with van der Waals surface area (Å²) in [6, 6.07) is 57.4. The lowest BCUT2D eigenvalue weighted by molar-refractivity contribution is 0.0684. The first-order valence-electron chi connectivity index (χ1n) is 39.9. The number of para-hydroxylation sites is 1. The third kappa shape index (κ3) is 24.0. The van der Waals surface area contributed by atoms with E-state index in [-0.39, 0.29) is 76.9 Å². The van der Waals surface area contributed by atoms with Gasteiger partial charge in [-0.3, -0.25) is 19.2 Å². The molecule has 0 radical (unpaired) electrons. The van der Waals surface area contributed by atoms with E-state index >= 15 is 0 Å². The predicted molar refractivity (Wildman–Crippen MR) is 493 cm³/mol. The van der Waals surface area contributed by atoms with Gasteiger partial charge in [-0.05, 0) is 283 Å². The highest BCUT2D eigenvalue weighted by molar-refractivity contribution is 9.10. The van der Waals surface area contributed by atoms with Gasteiger partial charge < -0.3 is 81.1 Å². The molecule has 23 nitrogen and oxygen atoms in total. The van der Waals surface area contributed by atoms with E-state index in [9.17, 15) is 55.8 Å². The topological polar surface area (TPSA) is 307 Å². The second kappa shape index (κ2) is 42.9. The van der Waals surface area contributed by atoms with Gasteiger partial charge in [0, 0.05) is 47.9 Å². The molecule has 0 aliphatic rings. The number of carboxylic acids is 2. The first kappa shape index (κ1) is 95.6. The lowest BCUT2D eigenvalue weighted by Crippen LogP contribution is -2.19. The summed E-state index contributed by atoms with van der Waals surface area (Å²) in [6.45, 7) is 13.8. The van der Waals surface area contributed by atoms with Crippen molar-refractivity contribution >= 4 is 116 Å². The number of aryl methyl sites for hydroxylation is 6. The largest absolute Gasteiger partial charge is 0.504 e. The molecule has 4 N–H and O–H groups in total. The molecule has 0 unspecified atom stereocenters. The van der Waals surface area contributed by atoms with Crippen LogP contribution >= 0.6 is 15.9 Å². The lowest BCUT2D eigenvalue weighted by atomic mass is 10.1. The highest BCUT2D eigenvalue weighted by Gasteiger charge is 2.21. The second-order valence-corrected chi connectivity index (χ2v) is 31.0. The van der Waals surface area contributed by atoms with E-state index in [0.717, 1.165) is 88.6 Å². The summed E-state index contributed by atoms with van der Waals surface area (Å²) < 4.78 is 127. The van der Waals surface area contributed by atoms with Gasteiger partial charge in [-0.25, -0.2) is 31.5 Å². The number of phenols is 2. The van der Waals surface area contributed by atoms with Gasteiger partial charge in [-0.2, -0.15) is 0 Å². The number of carboxylic acid groups (broad SMARTS) is 2. The van der Waals surface area contributed by atoms with Crippen molar-refractivity contribution in [2.45, 2.75) is 41.5 Å². The molecule has 0 bridgehead atoms. The predicted octanol–water partition coefficient (Wildman–Crippen LogP) is 22.5. The van der Waals surface area contributed by atoms with Crippen molar-refractivity contribution < 1.29 is 103 Å². The summed E-state index contributed by atoms with van der Waals surface area (Å²) in [5.41, 5.74) is 7.10. The number of carbonyl (C=O) groups is 2. The first-order chi connectivity index (χ1) is 62.0. The molecule has 17 rings (SSSR count). The van der Waals surface area contributed by atoms with Gasteiger partial charge >= 0.3 is 11.9 Å². The number of aromatic hydroxyl groups is 2. The standard InChI is InChI=1S/C24H23NO4.C18H18FNO3.C15H13FO4.C15H11FO3.C14H9FO3.C8H10O2.C7H4BrFO2/c1-16-13-20-23(26)19-10-9-18(28-17-7-5-4-6-8-17)15-21(19)29-24(20)22(14-16)27-12-11-25(2)3;1-11-8-14-17(21)13-5-4-12(19)10-15(13)23-18(14)16(9-11)22-7-6-20(2)3;1-9-3-6-12(14(7-9)19-2)20-13-8-10(16)4-5-11(13)15(17)18;1-8-5-11-14(17)10-4-3-9(16)7-12(10)19-15(11)13(6-8)18-2;1-7-4-10-13(17)9-3-2-8(15)6-12(9)18-14(10)11(16)5-7;1-6-3-4-7(9)8(5-6)10-2;8-6-3-4(9)1-2-5(6)7(10)11/h4-10,13-15H,11-12H2,1-3H3;4-5,8-10H,6-7H2,1-3H3;3-8H,1-2H3,(H,17,18);3-7H,1-2H3;2-6,16H,1H3;3-5,9H,1-2H3;1-3H,(H,10,11). The minimum atomic E-state index is -1.19. The molecule has 4 heterocycles. The molecular weight excluding hydrogens is 1750 g/mol. The Labute approximate surface area is 748 Å². The monoisotopic (exact) mass is 1840 g/mol. The molecular formula is C101H88BrF5N2O21. The number of methoxy groups -OCH3 is 3. The quantitative estimate of drug-likeness (QED) is 0.0486. The summed E-state index contributed by atoms with van der Waals surface area (Å²) in [4.78, 5) is 75.8. The highest BCUT2D eigenvalue weighted by atomic mass is 79.9. The van der Waals surface area contributed by atoms with Crippen LogP contribution in [0.4, 0.5) is 22.0 Å². The SMILES string of the molecule is COc1cc(C)cc2c(=O)c3ccc(F)cc3oc12.COc1cc(C)ccc1O.COc1cc(C)ccc1Oc1cc(F)ccc1C(=O)O.Cc1cc(O)c2oc3cc(F)ccc3c(=O)c2c1.Cc1cc(OCCN(C)C)c2oc3cc(F)ccc3c(=O)c2c1.Cc1cc(OCCN(C)C)c2oc3cc(Oc4ccccc4)ccc3c(=O)c2c1.O=C(O)c1ccc(F)cc1Br. The highest BCUT2D eigenvalue weighted by Crippen LogP contribution is 2.38. The molecule has 17 aromatic rings. The van der Waals surface area contributed by atoms with E-state index in [1.54, 1.807) is 79.7 Å². The van der Waals surface area contributed by atoms with Crippen molar-refractivity contribution in [2.24, 2.45) is 0 Å². The molecule has 0 aliphatic carbocycles. The first-order valence-corrected chi connectivity index (χ1v) is 40.7. The molecule has 0 amide bonds. The molecule has 4 aromatic heterocycles. The van der Waals surface area contributed by atoms with Gasteiger partial charge in [0.05, 0.1) is 70.0 Å². The van der Waals surface area contributed by atoms with E-state index in [0.29, 0.717) is 119 Å². The van der Waals surface area contributed by atoms with Crippen LogP contribution in [0.5, 0.6) is 63.2 Å². The average molecular weight is 1840 g/mol. The third-order valence-electron chi connectivity index (χ3n) is 19.4. The number of nitrogens with zero attached hydrogens (tertiary/aromatic N) is 2. The van der Waals surface area contributed by atoms with Crippen LogP contribution in [0, 0.1) is 70.6 Å². The minimum Gasteiger partial charge on any atom is -0.504 e. The number of rotatable bonds is 17. The molecule has 0 saturated carbocycles. The number of fused-ring (bicyclic) bond motifs is 8. The zero-order valence-electron chi connectivity index (χ0n) is 72.6. The van der Waals surface area contributed by atoms with Gasteiger partial charge in [-0.15, -0.1) is 0 Å². The number of hydrogen-bond donors (Lipinski definition) is 4. The lowest BCUT2D eigenvalue weighted by Gasteiger charge is -2.13. The number of benzene rings is 13. The molecule has 0 fully saturated rings. The molecule has 29 heteroatoms. The number of hydrogen-bond acceptors (Lipinski definition) is 21. The van der Waals surface area contributed by atoms with E-state index in [1.165, 1.54) is 82.0 Å².